The lowest BCUT2D eigenvalue weighted by atomic mass is 9.90. The van der Waals surface area contributed by atoms with Gasteiger partial charge in [0.25, 0.3) is 5.91 Å². The minimum atomic E-state index is -0.620. The average molecular weight is 301 g/mol. The van der Waals surface area contributed by atoms with Crippen LogP contribution in [0.4, 0.5) is 0 Å². The van der Waals surface area contributed by atoms with Crippen molar-refractivity contribution in [2.24, 2.45) is 5.73 Å². The smallest absolute Gasteiger partial charge is 0.254 e. The number of hydrogen-bond acceptors (Lipinski definition) is 3. The Morgan fingerprint density at radius 3 is 2.55 bits per heavy atom. The molecule has 1 spiro atoms. The van der Waals surface area contributed by atoms with Crippen molar-refractivity contribution in [1.29, 1.82) is 0 Å². The zero-order valence-electron chi connectivity index (χ0n) is 12.8. The molecule has 2 amide bonds. The lowest BCUT2D eigenvalue weighted by Crippen LogP contribution is -2.65. The maximum atomic E-state index is 12.9. The van der Waals surface area contributed by atoms with Gasteiger partial charge >= 0.3 is 0 Å². The molecule has 3 rings (SSSR count). The second-order valence-electron chi connectivity index (χ2n) is 6.19. The van der Waals surface area contributed by atoms with Crippen molar-refractivity contribution in [3.05, 3.63) is 35.4 Å². The van der Waals surface area contributed by atoms with Gasteiger partial charge in [0.2, 0.25) is 5.91 Å². The van der Waals surface area contributed by atoms with E-state index in [0.29, 0.717) is 25.2 Å². The summed E-state index contributed by atoms with van der Waals surface area (Å²) < 4.78 is 0. The standard InChI is InChI=1S/C17H23N3O2/c18-10-7-13-3-5-14(6-4-13)15(21)20-12-11-19-16(22)17(20)8-1-2-9-17/h3-6H,1-2,7-12,18H2,(H,19,22). The number of nitrogens with one attached hydrogen (secondary N) is 1. The summed E-state index contributed by atoms with van der Waals surface area (Å²) in [5.41, 5.74) is 6.71. The Kier molecular flexibility index (Phi) is 4.16. The Bertz CT molecular complexity index is 562. The van der Waals surface area contributed by atoms with Crippen LogP contribution in [0.15, 0.2) is 24.3 Å². The monoisotopic (exact) mass is 301 g/mol. The molecule has 1 aromatic carbocycles. The fourth-order valence-corrected chi connectivity index (χ4v) is 3.67. The van der Waals surface area contributed by atoms with Gasteiger partial charge in [-0.1, -0.05) is 25.0 Å². The third kappa shape index (κ3) is 2.50. The summed E-state index contributed by atoms with van der Waals surface area (Å²) >= 11 is 0. The van der Waals surface area contributed by atoms with E-state index in [1.165, 1.54) is 0 Å². The molecule has 1 aliphatic carbocycles. The van der Waals surface area contributed by atoms with Crippen LogP contribution in [0.1, 0.15) is 41.6 Å². The highest BCUT2D eigenvalue weighted by Gasteiger charge is 2.50. The summed E-state index contributed by atoms with van der Waals surface area (Å²) in [7, 11) is 0. The van der Waals surface area contributed by atoms with Gasteiger partial charge in [0.05, 0.1) is 0 Å². The molecule has 0 atom stereocenters. The second kappa shape index (κ2) is 6.08. The van der Waals surface area contributed by atoms with Crippen LogP contribution in [0.3, 0.4) is 0 Å². The summed E-state index contributed by atoms with van der Waals surface area (Å²) in [6.07, 6.45) is 4.37. The summed E-state index contributed by atoms with van der Waals surface area (Å²) in [6.45, 7) is 1.73. The van der Waals surface area contributed by atoms with Crippen molar-refractivity contribution in [2.75, 3.05) is 19.6 Å². The van der Waals surface area contributed by atoms with E-state index in [4.69, 9.17) is 5.73 Å². The van der Waals surface area contributed by atoms with Crippen molar-refractivity contribution in [2.45, 2.75) is 37.6 Å². The minimum absolute atomic E-state index is 0.0179. The van der Waals surface area contributed by atoms with Crippen molar-refractivity contribution < 1.29 is 9.59 Å². The van der Waals surface area contributed by atoms with Gasteiger partial charge in [-0.05, 0) is 43.5 Å². The van der Waals surface area contributed by atoms with Crippen molar-refractivity contribution in [3.63, 3.8) is 0 Å². The molecule has 0 unspecified atom stereocenters. The Labute approximate surface area is 130 Å². The molecule has 1 heterocycles. The van der Waals surface area contributed by atoms with Crippen LogP contribution in [-0.2, 0) is 11.2 Å². The fourth-order valence-electron chi connectivity index (χ4n) is 3.67. The highest BCUT2D eigenvalue weighted by molar-refractivity contribution is 6.00. The maximum absolute atomic E-state index is 12.9. The summed E-state index contributed by atoms with van der Waals surface area (Å²) in [5.74, 6) is -0.0135. The molecular weight excluding hydrogens is 278 g/mol. The van der Waals surface area contributed by atoms with E-state index in [9.17, 15) is 9.59 Å². The first-order valence-electron chi connectivity index (χ1n) is 8.07. The van der Waals surface area contributed by atoms with E-state index in [2.05, 4.69) is 5.32 Å². The number of nitrogens with two attached hydrogens (primary N) is 1. The highest BCUT2D eigenvalue weighted by atomic mass is 16.2. The molecular formula is C17H23N3O2. The largest absolute Gasteiger partial charge is 0.352 e. The molecule has 118 valence electrons. The highest BCUT2D eigenvalue weighted by Crippen LogP contribution is 2.37. The van der Waals surface area contributed by atoms with E-state index in [0.717, 1.165) is 37.7 Å². The van der Waals surface area contributed by atoms with Crippen LogP contribution in [0.5, 0.6) is 0 Å². The molecule has 0 bridgehead atoms. The van der Waals surface area contributed by atoms with Gasteiger partial charge in [-0.3, -0.25) is 9.59 Å². The first-order valence-corrected chi connectivity index (χ1v) is 8.07. The van der Waals surface area contributed by atoms with E-state index in [1.54, 1.807) is 4.90 Å². The fraction of sp³-hybridized carbons (Fsp3) is 0.529. The predicted octanol–water partition coefficient (Wildman–Crippen LogP) is 1.07. The first kappa shape index (κ1) is 15.0. The van der Waals surface area contributed by atoms with Crippen LogP contribution < -0.4 is 11.1 Å². The van der Waals surface area contributed by atoms with Gasteiger partial charge in [0.1, 0.15) is 5.54 Å². The lowest BCUT2D eigenvalue weighted by Gasteiger charge is -2.43. The van der Waals surface area contributed by atoms with Gasteiger partial charge in [-0.2, -0.15) is 0 Å². The number of amides is 2. The van der Waals surface area contributed by atoms with Crippen LogP contribution in [0.25, 0.3) is 0 Å². The van der Waals surface area contributed by atoms with Gasteiger partial charge in [-0.25, -0.2) is 0 Å². The number of carbonyl (C=O) groups excluding carboxylic acids is 2. The Balaban J connectivity index is 1.84. The molecule has 0 aromatic heterocycles. The third-order valence-electron chi connectivity index (χ3n) is 4.87. The number of benzene rings is 1. The summed E-state index contributed by atoms with van der Waals surface area (Å²) in [5, 5.41) is 2.93. The van der Waals surface area contributed by atoms with Crippen LogP contribution in [-0.4, -0.2) is 41.9 Å². The molecule has 0 radical (unpaired) electrons. The molecule has 1 aliphatic heterocycles. The van der Waals surface area contributed by atoms with Crippen LogP contribution in [0, 0.1) is 0 Å². The van der Waals surface area contributed by atoms with Gasteiger partial charge in [-0.15, -0.1) is 0 Å². The molecule has 2 fully saturated rings. The van der Waals surface area contributed by atoms with Crippen molar-refractivity contribution in [3.8, 4) is 0 Å². The zero-order valence-corrected chi connectivity index (χ0v) is 12.8. The van der Waals surface area contributed by atoms with Gasteiger partial charge < -0.3 is 16.0 Å². The van der Waals surface area contributed by atoms with Crippen LogP contribution in [0.2, 0.25) is 0 Å². The molecule has 5 nitrogen and oxygen atoms in total. The molecule has 5 heteroatoms. The summed E-state index contributed by atoms with van der Waals surface area (Å²) in [4.78, 5) is 27.1. The number of rotatable bonds is 3. The molecule has 1 aromatic rings. The molecule has 1 saturated carbocycles. The zero-order chi connectivity index (χ0) is 15.6. The average Bonchev–Trinajstić information content (AvgIpc) is 3.01. The Morgan fingerprint density at radius 1 is 1.23 bits per heavy atom. The number of carbonyl (C=O) groups is 2. The Hall–Kier alpha value is -1.88. The summed E-state index contributed by atoms with van der Waals surface area (Å²) in [6, 6.07) is 7.60. The number of hydrogen-bond donors (Lipinski definition) is 2. The normalized spacial score (nSPS) is 20.2. The SMILES string of the molecule is NCCc1ccc(C(=O)N2CCNC(=O)C23CCCC3)cc1. The maximum Gasteiger partial charge on any atom is 0.254 e. The topological polar surface area (TPSA) is 75.4 Å². The Morgan fingerprint density at radius 2 is 1.91 bits per heavy atom. The molecule has 1 saturated heterocycles. The van der Waals surface area contributed by atoms with E-state index in [-0.39, 0.29) is 11.8 Å². The quantitative estimate of drug-likeness (QED) is 0.877. The molecule has 3 N–H and O–H groups in total. The van der Waals surface area contributed by atoms with Gasteiger partial charge in [0.15, 0.2) is 0 Å². The van der Waals surface area contributed by atoms with Crippen molar-refractivity contribution in [1.82, 2.24) is 10.2 Å². The second-order valence-corrected chi connectivity index (χ2v) is 6.19. The first-order chi connectivity index (χ1) is 10.7. The van der Waals surface area contributed by atoms with Gasteiger partial charge in [0, 0.05) is 18.7 Å². The van der Waals surface area contributed by atoms with Crippen LogP contribution >= 0.6 is 0 Å². The number of piperazine rings is 1. The van der Waals surface area contributed by atoms with E-state index < -0.39 is 5.54 Å². The minimum Gasteiger partial charge on any atom is -0.352 e. The number of nitrogens with zero attached hydrogens (tertiary/aromatic N) is 1. The third-order valence-corrected chi connectivity index (χ3v) is 4.87. The predicted molar refractivity (Wildman–Crippen MR) is 84.4 cm³/mol. The molecule has 2 aliphatic rings. The van der Waals surface area contributed by atoms with E-state index >= 15 is 0 Å². The van der Waals surface area contributed by atoms with Crippen molar-refractivity contribution >= 4 is 11.8 Å². The van der Waals surface area contributed by atoms with E-state index in [1.807, 2.05) is 24.3 Å². The molecule has 22 heavy (non-hydrogen) atoms. The lowest BCUT2D eigenvalue weighted by molar-refractivity contribution is -0.134.